The molecule has 1 N–H and O–H groups in total. The van der Waals surface area contributed by atoms with E-state index >= 15 is 0 Å². The molecule has 102 valence electrons. The molecule has 0 aliphatic carbocycles. The van der Waals surface area contributed by atoms with E-state index in [0.717, 1.165) is 23.8 Å². The van der Waals surface area contributed by atoms with Gasteiger partial charge in [-0.25, -0.2) is 9.37 Å². The number of halogens is 1. The van der Waals surface area contributed by atoms with Crippen molar-refractivity contribution in [3.05, 3.63) is 45.7 Å². The quantitative estimate of drug-likeness (QED) is 0.881. The van der Waals surface area contributed by atoms with Gasteiger partial charge < -0.3 is 10.1 Å². The van der Waals surface area contributed by atoms with Crippen LogP contribution in [0, 0.1) is 12.7 Å². The second-order valence-corrected chi connectivity index (χ2v) is 5.16. The smallest absolute Gasteiger partial charge is 0.131 e. The van der Waals surface area contributed by atoms with Crippen molar-refractivity contribution in [3.63, 3.8) is 0 Å². The van der Waals surface area contributed by atoms with Gasteiger partial charge in [-0.1, -0.05) is 13.0 Å². The molecule has 1 aromatic heterocycles. The topological polar surface area (TPSA) is 34.2 Å². The highest BCUT2D eigenvalue weighted by Gasteiger charge is 2.04. The van der Waals surface area contributed by atoms with Gasteiger partial charge in [0.05, 0.1) is 5.69 Å². The van der Waals surface area contributed by atoms with E-state index in [4.69, 9.17) is 4.74 Å². The Morgan fingerprint density at radius 3 is 3.00 bits per heavy atom. The van der Waals surface area contributed by atoms with Crippen molar-refractivity contribution in [3.8, 4) is 5.75 Å². The number of ether oxygens (including phenoxy) is 1. The molecule has 0 aliphatic rings. The lowest BCUT2D eigenvalue weighted by Gasteiger charge is -2.05. The highest BCUT2D eigenvalue weighted by atomic mass is 32.1. The zero-order valence-corrected chi connectivity index (χ0v) is 11.9. The maximum absolute atomic E-state index is 13.3. The summed E-state index contributed by atoms with van der Waals surface area (Å²) < 4.78 is 18.9. The third kappa shape index (κ3) is 4.01. The molecular formula is C14H17FN2OS. The van der Waals surface area contributed by atoms with Crippen LogP contribution >= 0.6 is 11.3 Å². The van der Waals surface area contributed by atoms with Crippen LogP contribution in [0.1, 0.15) is 23.2 Å². The van der Waals surface area contributed by atoms with E-state index < -0.39 is 0 Å². The Bertz CT molecular complexity index is 542. The molecular weight excluding hydrogens is 263 g/mol. The SMILES string of the molecule is CCNCc1nc(COc2ccc(C)c(F)c2)cs1. The van der Waals surface area contributed by atoms with Gasteiger partial charge in [0.15, 0.2) is 0 Å². The fraction of sp³-hybridized carbons (Fsp3) is 0.357. The van der Waals surface area contributed by atoms with Crippen LogP contribution in [0.25, 0.3) is 0 Å². The highest BCUT2D eigenvalue weighted by molar-refractivity contribution is 7.09. The first-order valence-corrected chi connectivity index (χ1v) is 7.10. The minimum absolute atomic E-state index is 0.247. The van der Waals surface area contributed by atoms with Crippen LogP contribution in [0.5, 0.6) is 5.75 Å². The van der Waals surface area contributed by atoms with Gasteiger partial charge >= 0.3 is 0 Å². The molecule has 0 bridgehead atoms. The Morgan fingerprint density at radius 1 is 1.42 bits per heavy atom. The van der Waals surface area contributed by atoms with Crippen molar-refractivity contribution in [1.82, 2.24) is 10.3 Å². The largest absolute Gasteiger partial charge is 0.487 e. The molecule has 0 aliphatic heterocycles. The molecule has 0 atom stereocenters. The lowest BCUT2D eigenvalue weighted by atomic mass is 10.2. The zero-order chi connectivity index (χ0) is 13.7. The number of aryl methyl sites for hydroxylation is 1. The van der Waals surface area contributed by atoms with Gasteiger partial charge in [-0.15, -0.1) is 11.3 Å². The van der Waals surface area contributed by atoms with Crippen molar-refractivity contribution >= 4 is 11.3 Å². The van der Waals surface area contributed by atoms with E-state index in [1.807, 2.05) is 5.38 Å². The van der Waals surface area contributed by atoms with Crippen LogP contribution in [0.15, 0.2) is 23.6 Å². The minimum Gasteiger partial charge on any atom is -0.487 e. The third-order valence-corrected chi connectivity index (χ3v) is 3.55. The van der Waals surface area contributed by atoms with E-state index in [9.17, 15) is 4.39 Å². The van der Waals surface area contributed by atoms with Crippen molar-refractivity contribution in [2.75, 3.05) is 6.54 Å². The first-order valence-electron chi connectivity index (χ1n) is 6.22. The zero-order valence-electron chi connectivity index (χ0n) is 11.1. The molecule has 19 heavy (non-hydrogen) atoms. The Kier molecular flexibility index (Phi) is 4.87. The Labute approximate surface area is 116 Å². The number of hydrogen-bond donors (Lipinski definition) is 1. The maximum Gasteiger partial charge on any atom is 0.131 e. The van der Waals surface area contributed by atoms with Crippen LogP contribution in [0.4, 0.5) is 4.39 Å². The summed E-state index contributed by atoms with van der Waals surface area (Å²) in [6.07, 6.45) is 0. The summed E-state index contributed by atoms with van der Waals surface area (Å²) >= 11 is 1.60. The van der Waals surface area contributed by atoms with Gasteiger partial charge in [-0.3, -0.25) is 0 Å². The average Bonchev–Trinajstić information content (AvgIpc) is 2.86. The van der Waals surface area contributed by atoms with Gasteiger partial charge in [-0.05, 0) is 25.1 Å². The first-order chi connectivity index (χ1) is 9.19. The Balaban J connectivity index is 1.91. The second kappa shape index (κ2) is 6.63. The van der Waals surface area contributed by atoms with E-state index in [2.05, 4.69) is 17.2 Å². The van der Waals surface area contributed by atoms with Crippen LogP contribution in [0.2, 0.25) is 0 Å². The van der Waals surface area contributed by atoms with Crippen LogP contribution in [0.3, 0.4) is 0 Å². The van der Waals surface area contributed by atoms with Crippen LogP contribution in [-0.4, -0.2) is 11.5 Å². The molecule has 1 aromatic carbocycles. The van der Waals surface area contributed by atoms with Gasteiger partial charge in [0.2, 0.25) is 0 Å². The second-order valence-electron chi connectivity index (χ2n) is 4.21. The third-order valence-electron chi connectivity index (χ3n) is 2.66. The summed E-state index contributed by atoms with van der Waals surface area (Å²) in [6, 6.07) is 4.88. The number of thiazole rings is 1. The number of aromatic nitrogens is 1. The van der Waals surface area contributed by atoms with E-state index in [0.29, 0.717) is 17.9 Å². The molecule has 1 heterocycles. The standard InChI is InChI=1S/C14H17FN2OS/c1-3-16-7-14-17-11(9-19-14)8-18-12-5-4-10(2)13(15)6-12/h4-6,9,16H,3,7-8H2,1-2H3. The summed E-state index contributed by atoms with van der Waals surface area (Å²) in [4.78, 5) is 4.44. The molecule has 0 spiro atoms. The summed E-state index contributed by atoms with van der Waals surface area (Å²) in [5, 5.41) is 6.23. The molecule has 0 saturated carbocycles. The predicted molar refractivity (Wildman–Crippen MR) is 75.0 cm³/mol. The van der Waals surface area contributed by atoms with Crippen molar-refractivity contribution in [2.45, 2.75) is 27.0 Å². The normalized spacial score (nSPS) is 10.7. The molecule has 0 amide bonds. The molecule has 2 aromatic rings. The lowest BCUT2D eigenvalue weighted by Crippen LogP contribution is -2.11. The van der Waals surface area contributed by atoms with Crippen molar-refractivity contribution in [2.24, 2.45) is 0 Å². The van der Waals surface area contributed by atoms with Crippen molar-refractivity contribution < 1.29 is 9.13 Å². The molecule has 2 rings (SSSR count). The molecule has 0 saturated heterocycles. The Hall–Kier alpha value is -1.46. The Morgan fingerprint density at radius 2 is 2.26 bits per heavy atom. The highest BCUT2D eigenvalue weighted by Crippen LogP contribution is 2.18. The average molecular weight is 280 g/mol. The fourth-order valence-corrected chi connectivity index (χ4v) is 2.30. The molecule has 0 fully saturated rings. The maximum atomic E-state index is 13.3. The van der Waals surface area contributed by atoms with E-state index in [1.165, 1.54) is 6.07 Å². The molecule has 3 nitrogen and oxygen atoms in total. The van der Waals surface area contributed by atoms with E-state index in [1.54, 1.807) is 30.4 Å². The minimum atomic E-state index is -0.247. The lowest BCUT2D eigenvalue weighted by molar-refractivity contribution is 0.300. The summed E-state index contributed by atoms with van der Waals surface area (Å²) in [5.74, 6) is 0.285. The van der Waals surface area contributed by atoms with Crippen LogP contribution in [-0.2, 0) is 13.2 Å². The molecule has 0 radical (unpaired) electrons. The van der Waals surface area contributed by atoms with Gasteiger partial charge in [0.1, 0.15) is 23.2 Å². The van der Waals surface area contributed by atoms with Gasteiger partial charge in [0.25, 0.3) is 0 Å². The van der Waals surface area contributed by atoms with Gasteiger partial charge in [-0.2, -0.15) is 0 Å². The number of nitrogens with zero attached hydrogens (tertiary/aromatic N) is 1. The predicted octanol–water partition coefficient (Wildman–Crippen LogP) is 3.28. The summed E-state index contributed by atoms with van der Waals surface area (Å²) in [7, 11) is 0. The molecule has 5 heteroatoms. The van der Waals surface area contributed by atoms with Crippen molar-refractivity contribution in [1.29, 1.82) is 0 Å². The van der Waals surface area contributed by atoms with Gasteiger partial charge in [0, 0.05) is 18.0 Å². The number of rotatable bonds is 6. The number of nitrogens with one attached hydrogen (secondary N) is 1. The monoisotopic (exact) mass is 280 g/mol. The summed E-state index contributed by atoms with van der Waals surface area (Å²) in [5.41, 5.74) is 1.49. The number of hydrogen-bond acceptors (Lipinski definition) is 4. The summed E-state index contributed by atoms with van der Waals surface area (Å²) in [6.45, 7) is 5.86. The first kappa shape index (κ1) is 14.0. The van der Waals surface area contributed by atoms with E-state index in [-0.39, 0.29) is 5.82 Å². The fourth-order valence-electron chi connectivity index (χ4n) is 1.55. The van der Waals surface area contributed by atoms with Crippen LogP contribution < -0.4 is 10.1 Å². The number of benzene rings is 1. The molecule has 0 unspecified atom stereocenters.